The summed E-state index contributed by atoms with van der Waals surface area (Å²) in [6.45, 7) is 10.9. The van der Waals surface area contributed by atoms with Crippen molar-refractivity contribution >= 4 is 11.8 Å². The van der Waals surface area contributed by atoms with Gasteiger partial charge in [0.1, 0.15) is 0 Å². The van der Waals surface area contributed by atoms with E-state index in [2.05, 4.69) is 67.6 Å². The third-order valence-corrected chi connectivity index (χ3v) is 3.65. The Morgan fingerprint density at radius 3 is 2.50 bits per heavy atom. The van der Waals surface area contributed by atoms with Crippen molar-refractivity contribution in [2.75, 3.05) is 5.32 Å². The van der Waals surface area contributed by atoms with Gasteiger partial charge in [-0.05, 0) is 30.5 Å². The number of aromatic amines is 1. The van der Waals surface area contributed by atoms with Crippen molar-refractivity contribution in [2.24, 2.45) is 0 Å². The molecule has 0 saturated carbocycles. The molecule has 2 aromatic rings. The number of anilines is 1. The van der Waals surface area contributed by atoms with Crippen molar-refractivity contribution in [3.05, 3.63) is 46.6 Å². The average molecular weight is 300 g/mol. The minimum atomic E-state index is -0.259. The van der Waals surface area contributed by atoms with E-state index in [9.17, 15) is 4.79 Å². The Labute approximate surface area is 131 Å². The fourth-order valence-electron chi connectivity index (χ4n) is 2.03. The van der Waals surface area contributed by atoms with Crippen LogP contribution in [0.3, 0.4) is 0 Å². The SMILES string of the molecule is Cc1ccc(CNC(=O)Nc2cc(C(C)(C)C)[nH]n2)cc1C. The summed E-state index contributed by atoms with van der Waals surface area (Å²) >= 11 is 0. The van der Waals surface area contributed by atoms with Crippen LogP contribution in [0.4, 0.5) is 10.6 Å². The monoisotopic (exact) mass is 300 g/mol. The highest BCUT2D eigenvalue weighted by Crippen LogP contribution is 2.21. The summed E-state index contributed by atoms with van der Waals surface area (Å²) in [5, 5.41) is 12.6. The van der Waals surface area contributed by atoms with Gasteiger partial charge >= 0.3 is 6.03 Å². The highest BCUT2D eigenvalue weighted by molar-refractivity contribution is 5.88. The van der Waals surface area contributed by atoms with Crippen LogP contribution in [-0.4, -0.2) is 16.2 Å². The lowest BCUT2D eigenvalue weighted by atomic mass is 9.92. The summed E-state index contributed by atoms with van der Waals surface area (Å²) in [6, 6.07) is 7.77. The van der Waals surface area contributed by atoms with Gasteiger partial charge in [-0.3, -0.25) is 10.4 Å². The first-order valence-corrected chi connectivity index (χ1v) is 7.42. The molecule has 0 fully saturated rings. The lowest BCUT2D eigenvalue weighted by Crippen LogP contribution is -2.28. The molecule has 5 nitrogen and oxygen atoms in total. The molecule has 0 aliphatic carbocycles. The van der Waals surface area contributed by atoms with Crippen LogP contribution >= 0.6 is 0 Å². The van der Waals surface area contributed by atoms with Crippen LogP contribution in [0.1, 0.15) is 43.2 Å². The van der Waals surface area contributed by atoms with Gasteiger partial charge in [-0.1, -0.05) is 39.0 Å². The van der Waals surface area contributed by atoms with Gasteiger partial charge in [-0.15, -0.1) is 0 Å². The molecule has 0 bridgehead atoms. The number of carbonyl (C=O) groups excluding carboxylic acids is 1. The molecule has 22 heavy (non-hydrogen) atoms. The maximum atomic E-state index is 11.9. The van der Waals surface area contributed by atoms with Gasteiger partial charge in [0.15, 0.2) is 5.82 Å². The topological polar surface area (TPSA) is 69.8 Å². The average Bonchev–Trinajstić information content (AvgIpc) is 2.88. The summed E-state index contributed by atoms with van der Waals surface area (Å²) in [6.07, 6.45) is 0. The van der Waals surface area contributed by atoms with Crippen LogP contribution in [0.2, 0.25) is 0 Å². The Balaban J connectivity index is 1.90. The highest BCUT2D eigenvalue weighted by atomic mass is 16.2. The number of hydrogen-bond acceptors (Lipinski definition) is 2. The molecule has 0 saturated heterocycles. The molecule has 5 heteroatoms. The lowest BCUT2D eigenvalue weighted by molar-refractivity contribution is 0.251. The van der Waals surface area contributed by atoms with E-state index in [4.69, 9.17) is 0 Å². The second-order valence-electron chi connectivity index (χ2n) is 6.64. The summed E-state index contributed by atoms with van der Waals surface area (Å²) in [5.41, 5.74) is 4.51. The Morgan fingerprint density at radius 2 is 1.91 bits per heavy atom. The molecule has 0 unspecified atom stereocenters. The third kappa shape index (κ3) is 4.10. The second-order valence-corrected chi connectivity index (χ2v) is 6.64. The molecule has 0 atom stereocenters. The molecule has 0 radical (unpaired) electrons. The smallest absolute Gasteiger partial charge is 0.320 e. The molecular weight excluding hydrogens is 276 g/mol. The first-order valence-electron chi connectivity index (χ1n) is 7.42. The summed E-state index contributed by atoms with van der Waals surface area (Å²) < 4.78 is 0. The van der Waals surface area contributed by atoms with Crippen molar-refractivity contribution in [3.8, 4) is 0 Å². The first-order chi connectivity index (χ1) is 10.3. The quantitative estimate of drug-likeness (QED) is 0.810. The van der Waals surface area contributed by atoms with Crippen LogP contribution < -0.4 is 10.6 Å². The molecule has 1 aromatic heterocycles. The molecular formula is C17H24N4O. The van der Waals surface area contributed by atoms with Gasteiger partial charge in [0, 0.05) is 23.7 Å². The number of aromatic nitrogens is 2. The molecule has 1 aromatic carbocycles. The van der Waals surface area contributed by atoms with Crippen LogP contribution in [-0.2, 0) is 12.0 Å². The van der Waals surface area contributed by atoms with E-state index in [1.807, 2.05) is 12.1 Å². The maximum Gasteiger partial charge on any atom is 0.320 e. The van der Waals surface area contributed by atoms with Crippen molar-refractivity contribution in [3.63, 3.8) is 0 Å². The number of aryl methyl sites for hydroxylation is 2. The Kier molecular flexibility index (Phi) is 4.54. The number of hydrogen-bond donors (Lipinski definition) is 3. The molecule has 0 aliphatic heterocycles. The lowest BCUT2D eigenvalue weighted by Gasteiger charge is -2.14. The standard InChI is InChI=1S/C17H24N4O/c1-11-6-7-13(8-12(11)2)10-18-16(22)19-15-9-14(20-21-15)17(3,4)5/h6-9H,10H2,1-5H3,(H3,18,19,20,21,22). The Morgan fingerprint density at radius 1 is 1.18 bits per heavy atom. The van der Waals surface area contributed by atoms with E-state index in [1.54, 1.807) is 0 Å². The molecule has 2 rings (SSSR count). The highest BCUT2D eigenvalue weighted by Gasteiger charge is 2.17. The van der Waals surface area contributed by atoms with E-state index >= 15 is 0 Å². The largest absolute Gasteiger partial charge is 0.334 e. The van der Waals surface area contributed by atoms with E-state index in [0.29, 0.717) is 12.4 Å². The van der Waals surface area contributed by atoms with Gasteiger partial charge in [-0.2, -0.15) is 5.10 Å². The Bertz CT molecular complexity index is 668. The summed E-state index contributed by atoms with van der Waals surface area (Å²) in [7, 11) is 0. The van der Waals surface area contributed by atoms with Gasteiger partial charge < -0.3 is 5.32 Å². The maximum absolute atomic E-state index is 11.9. The minimum Gasteiger partial charge on any atom is -0.334 e. The van der Waals surface area contributed by atoms with Gasteiger partial charge in [-0.25, -0.2) is 4.79 Å². The Hall–Kier alpha value is -2.30. The van der Waals surface area contributed by atoms with Crippen LogP contribution in [0.5, 0.6) is 0 Å². The number of urea groups is 1. The van der Waals surface area contributed by atoms with E-state index < -0.39 is 0 Å². The molecule has 118 valence electrons. The van der Waals surface area contributed by atoms with Gasteiger partial charge in [0.2, 0.25) is 0 Å². The van der Waals surface area contributed by atoms with Crippen LogP contribution in [0.15, 0.2) is 24.3 Å². The zero-order valence-electron chi connectivity index (χ0n) is 13.9. The zero-order valence-corrected chi connectivity index (χ0v) is 13.9. The fourth-order valence-corrected chi connectivity index (χ4v) is 2.03. The van der Waals surface area contributed by atoms with Gasteiger partial charge in [0.05, 0.1) is 0 Å². The predicted octanol–water partition coefficient (Wildman–Crippen LogP) is 3.65. The number of benzene rings is 1. The number of amides is 2. The van der Waals surface area contributed by atoms with E-state index in [0.717, 1.165) is 11.3 Å². The number of nitrogens with one attached hydrogen (secondary N) is 3. The zero-order chi connectivity index (χ0) is 16.3. The number of rotatable bonds is 3. The molecule has 1 heterocycles. The second kappa shape index (κ2) is 6.22. The van der Waals surface area contributed by atoms with Crippen molar-refractivity contribution in [2.45, 2.75) is 46.6 Å². The predicted molar refractivity (Wildman–Crippen MR) is 89.1 cm³/mol. The molecule has 2 amide bonds. The van der Waals surface area contributed by atoms with Crippen molar-refractivity contribution in [1.82, 2.24) is 15.5 Å². The third-order valence-electron chi connectivity index (χ3n) is 3.65. The van der Waals surface area contributed by atoms with Crippen LogP contribution in [0, 0.1) is 13.8 Å². The fraction of sp³-hybridized carbons (Fsp3) is 0.412. The number of H-pyrrole nitrogens is 1. The summed E-state index contributed by atoms with van der Waals surface area (Å²) in [4.78, 5) is 11.9. The first kappa shape index (κ1) is 16.1. The number of nitrogens with zero attached hydrogens (tertiary/aromatic N) is 1. The van der Waals surface area contributed by atoms with E-state index in [-0.39, 0.29) is 11.4 Å². The molecule has 0 spiro atoms. The normalized spacial score (nSPS) is 11.3. The van der Waals surface area contributed by atoms with Gasteiger partial charge in [0.25, 0.3) is 0 Å². The number of carbonyl (C=O) groups is 1. The minimum absolute atomic E-state index is 0.0250. The summed E-state index contributed by atoms with van der Waals surface area (Å²) in [5.74, 6) is 0.530. The molecule has 3 N–H and O–H groups in total. The van der Waals surface area contributed by atoms with E-state index in [1.165, 1.54) is 11.1 Å². The van der Waals surface area contributed by atoms with Crippen molar-refractivity contribution in [1.29, 1.82) is 0 Å². The van der Waals surface area contributed by atoms with Crippen molar-refractivity contribution < 1.29 is 4.79 Å². The van der Waals surface area contributed by atoms with Crippen LogP contribution in [0.25, 0.3) is 0 Å². The molecule has 0 aliphatic rings.